The Morgan fingerprint density at radius 1 is 1.26 bits per heavy atom. The summed E-state index contributed by atoms with van der Waals surface area (Å²) < 4.78 is 0. The first-order valence-corrected chi connectivity index (χ1v) is 9.07. The van der Waals surface area contributed by atoms with E-state index < -0.39 is 0 Å². The lowest BCUT2D eigenvalue weighted by Crippen LogP contribution is -2.44. The molecule has 4 nitrogen and oxygen atoms in total. The lowest BCUT2D eigenvalue weighted by Gasteiger charge is -2.37. The van der Waals surface area contributed by atoms with Crippen LogP contribution in [0.2, 0.25) is 0 Å². The minimum absolute atomic E-state index is 0.185. The van der Waals surface area contributed by atoms with Crippen LogP contribution in [0, 0.1) is 0 Å². The van der Waals surface area contributed by atoms with Gasteiger partial charge in [-0.2, -0.15) is 0 Å². The molecule has 4 heteroatoms. The van der Waals surface area contributed by atoms with Crippen molar-refractivity contribution < 1.29 is 4.79 Å². The Labute approximate surface area is 139 Å². The normalized spacial score (nSPS) is 20.5. The highest BCUT2D eigenvalue weighted by atomic mass is 16.1. The minimum Gasteiger partial charge on any atom is -0.368 e. The van der Waals surface area contributed by atoms with Crippen molar-refractivity contribution in [3.05, 3.63) is 29.3 Å². The van der Waals surface area contributed by atoms with Crippen molar-refractivity contribution in [3.63, 3.8) is 0 Å². The Morgan fingerprint density at radius 3 is 2.70 bits per heavy atom. The Hall–Kier alpha value is -1.39. The lowest BCUT2D eigenvalue weighted by atomic mass is 10.0. The summed E-state index contributed by atoms with van der Waals surface area (Å²) in [7, 11) is 0. The maximum Gasteiger partial charge on any atom is 0.141 e. The first kappa shape index (κ1) is 16.5. The van der Waals surface area contributed by atoms with Crippen LogP contribution in [-0.2, 0) is 11.2 Å². The number of aldehydes is 1. The quantitative estimate of drug-likeness (QED) is 0.818. The number of nitrogens with zero attached hydrogens (tertiary/aromatic N) is 2. The average Bonchev–Trinajstić information content (AvgIpc) is 3.03. The number of piperidine rings is 1. The second-order valence-corrected chi connectivity index (χ2v) is 6.67. The third-order valence-corrected chi connectivity index (χ3v) is 5.41. The molecule has 2 aliphatic heterocycles. The number of hydrogen-bond donors (Lipinski definition) is 1. The molecule has 1 atom stereocenters. The van der Waals surface area contributed by atoms with E-state index in [-0.39, 0.29) is 6.04 Å². The van der Waals surface area contributed by atoms with E-state index in [2.05, 4.69) is 40.2 Å². The van der Waals surface area contributed by atoms with Crippen LogP contribution >= 0.6 is 0 Å². The highest BCUT2D eigenvalue weighted by Gasteiger charge is 2.29. The van der Waals surface area contributed by atoms with Gasteiger partial charge in [0, 0.05) is 31.4 Å². The topological polar surface area (TPSA) is 35.6 Å². The number of carbonyl (C=O) groups excluding carboxylic acids is 1. The van der Waals surface area contributed by atoms with Gasteiger partial charge >= 0.3 is 0 Å². The van der Waals surface area contributed by atoms with E-state index in [1.807, 2.05) is 6.92 Å². The molecule has 1 fully saturated rings. The number of benzene rings is 1. The summed E-state index contributed by atoms with van der Waals surface area (Å²) in [6.07, 6.45) is 4.66. The van der Waals surface area contributed by atoms with E-state index >= 15 is 0 Å². The van der Waals surface area contributed by atoms with Gasteiger partial charge in [-0.25, -0.2) is 0 Å². The van der Waals surface area contributed by atoms with Crippen LogP contribution in [0.15, 0.2) is 18.2 Å². The fourth-order valence-corrected chi connectivity index (χ4v) is 4.01. The van der Waals surface area contributed by atoms with E-state index in [1.165, 1.54) is 37.2 Å². The Morgan fingerprint density at radius 2 is 2.04 bits per heavy atom. The number of likely N-dealkylation sites (tertiary alicyclic amines) is 1. The van der Waals surface area contributed by atoms with Crippen LogP contribution in [-0.4, -0.2) is 50.0 Å². The van der Waals surface area contributed by atoms with Crippen molar-refractivity contribution in [1.82, 2.24) is 10.2 Å². The van der Waals surface area contributed by atoms with E-state index in [9.17, 15) is 4.79 Å². The maximum atomic E-state index is 11.4. The standard InChI is InChI=1S/C19H29N3O/c1-3-20-18(14-23)16-6-5-15-7-12-22(19(15)13-16)17-8-10-21(4-2)11-9-17/h5-6,13-14,17-18,20H,3-4,7-12H2,1-2H3. The second kappa shape index (κ2) is 7.45. The van der Waals surface area contributed by atoms with Crippen molar-refractivity contribution in [2.24, 2.45) is 0 Å². The van der Waals surface area contributed by atoms with Crippen LogP contribution in [0.4, 0.5) is 5.69 Å². The number of fused-ring (bicyclic) bond motifs is 1. The van der Waals surface area contributed by atoms with Gasteiger partial charge in [0.2, 0.25) is 0 Å². The predicted octanol–water partition coefficient (Wildman–Crippen LogP) is 2.38. The van der Waals surface area contributed by atoms with Crippen LogP contribution < -0.4 is 10.2 Å². The number of anilines is 1. The Balaban J connectivity index is 1.77. The van der Waals surface area contributed by atoms with E-state index in [1.54, 1.807) is 0 Å². The number of rotatable bonds is 6. The van der Waals surface area contributed by atoms with Crippen LogP contribution in [0.1, 0.15) is 43.9 Å². The summed E-state index contributed by atoms with van der Waals surface area (Å²) in [5.41, 5.74) is 3.90. The van der Waals surface area contributed by atoms with Gasteiger partial charge in [-0.3, -0.25) is 0 Å². The molecule has 2 aliphatic rings. The van der Waals surface area contributed by atoms with Gasteiger partial charge in [-0.05, 0) is 49.5 Å². The van der Waals surface area contributed by atoms with Crippen molar-refractivity contribution in [2.45, 2.75) is 45.2 Å². The monoisotopic (exact) mass is 315 g/mol. The number of carbonyl (C=O) groups is 1. The largest absolute Gasteiger partial charge is 0.368 e. The molecule has 0 aliphatic carbocycles. The summed E-state index contributed by atoms with van der Waals surface area (Å²) in [5, 5.41) is 3.25. The summed E-state index contributed by atoms with van der Waals surface area (Å²) >= 11 is 0. The Bertz CT molecular complexity index is 537. The zero-order valence-corrected chi connectivity index (χ0v) is 14.4. The highest BCUT2D eigenvalue weighted by molar-refractivity contribution is 5.66. The van der Waals surface area contributed by atoms with Crippen molar-refractivity contribution in [1.29, 1.82) is 0 Å². The number of nitrogens with one attached hydrogen (secondary N) is 1. The van der Waals surface area contributed by atoms with Gasteiger partial charge in [-0.1, -0.05) is 26.0 Å². The second-order valence-electron chi connectivity index (χ2n) is 6.67. The van der Waals surface area contributed by atoms with Gasteiger partial charge in [0.15, 0.2) is 0 Å². The van der Waals surface area contributed by atoms with Crippen molar-refractivity contribution >= 4 is 12.0 Å². The first-order chi connectivity index (χ1) is 11.3. The summed E-state index contributed by atoms with van der Waals surface area (Å²) in [5.74, 6) is 0. The lowest BCUT2D eigenvalue weighted by molar-refractivity contribution is -0.109. The first-order valence-electron chi connectivity index (χ1n) is 9.07. The summed E-state index contributed by atoms with van der Waals surface area (Å²) in [6.45, 7) is 9.80. The fraction of sp³-hybridized carbons (Fsp3) is 0.632. The molecule has 23 heavy (non-hydrogen) atoms. The van der Waals surface area contributed by atoms with Crippen molar-refractivity contribution in [2.75, 3.05) is 37.6 Å². The van der Waals surface area contributed by atoms with Crippen LogP contribution in [0.3, 0.4) is 0 Å². The SMILES string of the molecule is CCNC(C=O)c1ccc2c(c1)N(C1CCN(CC)CC1)CC2. The summed E-state index contributed by atoms with van der Waals surface area (Å²) in [4.78, 5) is 16.5. The smallest absolute Gasteiger partial charge is 0.141 e. The average molecular weight is 315 g/mol. The molecular weight excluding hydrogens is 286 g/mol. The molecule has 1 aromatic carbocycles. The molecule has 0 radical (unpaired) electrons. The third kappa shape index (κ3) is 3.43. The molecule has 126 valence electrons. The predicted molar refractivity (Wildman–Crippen MR) is 95.1 cm³/mol. The van der Waals surface area contributed by atoms with Gasteiger partial charge in [0.05, 0.1) is 6.04 Å². The van der Waals surface area contributed by atoms with E-state index in [0.717, 1.165) is 37.9 Å². The molecule has 2 heterocycles. The molecule has 0 saturated carbocycles. The minimum atomic E-state index is -0.185. The van der Waals surface area contributed by atoms with Gasteiger partial charge < -0.3 is 19.9 Å². The Kier molecular flexibility index (Phi) is 5.34. The molecule has 0 bridgehead atoms. The van der Waals surface area contributed by atoms with E-state index in [0.29, 0.717) is 6.04 Å². The maximum absolute atomic E-state index is 11.4. The van der Waals surface area contributed by atoms with Crippen molar-refractivity contribution in [3.8, 4) is 0 Å². The summed E-state index contributed by atoms with van der Waals surface area (Å²) in [6, 6.07) is 7.05. The molecule has 0 spiro atoms. The zero-order valence-electron chi connectivity index (χ0n) is 14.4. The van der Waals surface area contributed by atoms with Gasteiger partial charge in [-0.15, -0.1) is 0 Å². The molecule has 1 aromatic rings. The molecule has 1 unspecified atom stereocenters. The van der Waals surface area contributed by atoms with Crippen LogP contribution in [0.5, 0.6) is 0 Å². The molecule has 0 aromatic heterocycles. The van der Waals surface area contributed by atoms with E-state index in [4.69, 9.17) is 0 Å². The molecule has 3 rings (SSSR count). The van der Waals surface area contributed by atoms with Gasteiger partial charge in [0.1, 0.15) is 6.29 Å². The molecule has 0 amide bonds. The number of hydrogen-bond acceptors (Lipinski definition) is 4. The molecule has 1 saturated heterocycles. The fourth-order valence-electron chi connectivity index (χ4n) is 4.01. The number of likely N-dealkylation sites (N-methyl/N-ethyl adjacent to an activating group) is 1. The van der Waals surface area contributed by atoms with Crippen LogP contribution in [0.25, 0.3) is 0 Å². The highest BCUT2D eigenvalue weighted by Crippen LogP contribution is 2.34. The molecule has 1 N–H and O–H groups in total. The zero-order chi connectivity index (χ0) is 16.2. The third-order valence-electron chi connectivity index (χ3n) is 5.41. The molecular formula is C19H29N3O. The van der Waals surface area contributed by atoms with Gasteiger partial charge in [0.25, 0.3) is 0 Å².